The molecule has 120 valence electrons. The maximum atomic E-state index is 10.9. The van der Waals surface area contributed by atoms with E-state index in [2.05, 4.69) is 5.16 Å². The minimum absolute atomic E-state index is 0.0950. The predicted molar refractivity (Wildman–Crippen MR) is 90.8 cm³/mol. The quantitative estimate of drug-likeness (QED) is 0.331. The molecule has 0 fully saturated rings. The summed E-state index contributed by atoms with van der Waals surface area (Å²) in [6.07, 6.45) is 1.12. The predicted octanol–water partition coefficient (Wildman–Crippen LogP) is 4.14. The van der Waals surface area contributed by atoms with Crippen LogP contribution in [0.3, 0.4) is 0 Å². The van der Waals surface area contributed by atoms with Crippen molar-refractivity contribution in [1.29, 1.82) is 0 Å². The van der Waals surface area contributed by atoms with E-state index in [4.69, 9.17) is 9.94 Å². The van der Waals surface area contributed by atoms with Gasteiger partial charge in [-0.15, -0.1) is 0 Å². The standard InChI is InChI=1S/C18H14N2O4/c21-19-11-15-10-16(20(22)23)8-9-18(15)24-12-14-6-3-5-13-4-1-2-7-17(13)14/h1-11,21H,12H2/b19-11+. The van der Waals surface area contributed by atoms with Crippen LogP contribution in [0.1, 0.15) is 11.1 Å². The number of nitro benzene ring substituents is 1. The lowest BCUT2D eigenvalue weighted by atomic mass is 10.1. The van der Waals surface area contributed by atoms with Crippen molar-refractivity contribution < 1.29 is 14.9 Å². The van der Waals surface area contributed by atoms with E-state index in [-0.39, 0.29) is 5.69 Å². The summed E-state index contributed by atoms with van der Waals surface area (Å²) in [6, 6.07) is 18.1. The van der Waals surface area contributed by atoms with Crippen LogP contribution in [0.15, 0.2) is 65.8 Å². The Bertz CT molecular complexity index is 917. The van der Waals surface area contributed by atoms with Gasteiger partial charge in [0, 0.05) is 17.7 Å². The van der Waals surface area contributed by atoms with Gasteiger partial charge in [-0.05, 0) is 22.4 Å². The first kappa shape index (κ1) is 15.5. The van der Waals surface area contributed by atoms with Gasteiger partial charge in [0.2, 0.25) is 0 Å². The Morgan fingerprint density at radius 3 is 2.71 bits per heavy atom. The zero-order valence-corrected chi connectivity index (χ0v) is 12.6. The van der Waals surface area contributed by atoms with Crippen molar-refractivity contribution in [3.8, 4) is 5.75 Å². The second kappa shape index (κ2) is 6.78. The Morgan fingerprint density at radius 1 is 1.12 bits per heavy atom. The van der Waals surface area contributed by atoms with Crippen LogP contribution in [0.25, 0.3) is 10.8 Å². The lowest BCUT2D eigenvalue weighted by Crippen LogP contribution is -2.00. The molecule has 24 heavy (non-hydrogen) atoms. The van der Waals surface area contributed by atoms with Gasteiger partial charge in [-0.1, -0.05) is 47.6 Å². The molecule has 0 aliphatic rings. The number of ether oxygens (including phenoxy) is 1. The number of hydrogen-bond donors (Lipinski definition) is 1. The van der Waals surface area contributed by atoms with Crippen LogP contribution in [0.2, 0.25) is 0 Å². The maximum Gasteiger partial charge on any atom is 0.270 e. The van der Waals surface area contributed by atoms with E-state index in [1.807, 2.05) is 42.5 Å². The Kier molecular flexibility index (Phi) is 4.38. The summed E-state index contributed by atoms with van der Waals surface area (Å²) in [5.74, 6) is 0.409. The molecule has 0 radical (unpaired) electrons. The molecule has 0 saturated heterocycles. The van der Waals surface area contributed by atoms with Crippen LogP contribution >= 0.6 is 0 Å². The zero-order valence-electron chi connectivity index (χ0n) is 12.6. The number of hydrogen-bond acceptors (Lipinski definition) is 5. The topological polar surface area (TPSA) is 85.0 Å². The van der Waals surface area contributed by atoms with Gasteiger partial charge in [-0.2, -0.15) is 0 Å². The highest BCUT2D eigenvalue weighted by molar-refractivity contribution is 5.86. The molecule has 0 saturated carbocycles. The van der Waals surface area contributed by atoms with Crippen molar-refractivity contribution in [2.24, 2.45) is 5.16 Å². The monoisotopic (exact) mass is 322 g/mol. The van der Waals surface area contributed by atoms with Crippen molar-refractivity contribution in [3.63, 3.8) is 0 Å². The van der Waals surface area contributed by atoms with Gasteiger partial charge in [0.05, 0.1) is 11.1 Å². The number of rotatable bonds is 5. The molecule has 0 spiro atoms. The summed E-state index contributed by atoms with van der Waals surface area (Å²) in [5, 5.41) is 24.7. The Hall–Kier alpha value is -3.41. The largest absolute Gasteiger partial charge is 0.488 e. The van der Waals surface area contributed by atoms with E-state index in [1.54, 1.807) is 0 Å². The first-order valence-corrected chi connectivity index (χ1v) is 7.24. The summed E-state index contributed by atoms with van der Waals surface area (Å²) >= 11 is 0. The molecule has 0 atom stereocenters. The molecule has 0 bridgehead atoms. The minimum atomic E-state index is -0.511. The first-order chi connectivity index (χ1) is 11.7. The number of fused-ring (bicyclic) bond motifs is 1. The molecule has 0 heterocycles. The van der Waals surface area contributed by atoms with Crippen molar-refractivity contribution >= 4 is 22.7 Å². The molecule has 6 heteroatoms. The minimum Gasteiger partial charge on any atom is -0.488 e. The van der Waals surface area contributed by atoms with Gasteiger partial charge in [0.15, 0.2) is 0 Å². The van der Waals surface area contributed by atoms with Gasteiger partial charge >= 0.3 is 0 Å². The molecule has 0 aromatic heterocycles. The highest BCUT2D eigenvalue weighted by atomic mass is 16.6. The molecule has 6 nitrogen and oxygen atoms in total. The summed E-state index contributed by atoms with van der Waals surface area (Å²) < 4.78 is 5.79. The number of benzene rings is 3. The SMILES string of the molecule is O=[N+]([O-])c1ccc(OCc2cccc3ccccc23)c(/C=N/O)c1. The van der Waals surface area contributed by atoms with Crippen LogP contribution in [0.4, 0.5) is 5.69 Å². The maximum absolute atomic E-state index is 10.9. The molecule has 3 aromatic carbocycles. The zero-order chi connectivity index (χ0) is 16.9. The van der Waals surface area contributed by atoms with Gasteiger partial charge in [-0.25, -0.2) is 0 Å². The molecular weight excluding hydrogens is 308 g/mol. The third-order valence-corrected chi connectivity index (χ3v) is 3.66. The first-order valence-electron chi connectivity index (χ1n) is 7.24. The number of oxime groups is 1. The molecule has 0 amide bonds. The van der Waals surface area contributed by atoms with Crippen molar-refractivity contribution in [2.45, 2.75) is 6.61 Å². The highest BCUT2D eigenvalue weighted by Gasteiger charge is 2.11. The van der Waals surface area contributed by atoms with E-state index >= 15 is 0 Å². The van der Waals surface area contributed by atoms with Gasteiger partial charge in [-0.3, -0.25) is 10.1 Å². The van der Waals surface area contributed by atoms with Gasteiger partial charge < -0.3 is 9.94 Å². The highest BCUT2D eigenvalue weighted by Crippen LogP contribution is 2.25. The van der Waals surface area contributed by atoms with Crippen LogP contribution in [0.5, 0.6) is 5.75 Å². The second-order valence-corrected chi connectivity index (χ2v) is 5.15. The Balaban J connectivity index is 1.89. The Labute approximate surface area is 137 Å². The van der Waals surface area contributed by atoms with Gasteiger partial charge in [0.1, 0.15) is 12.4 Å². The number of nitro groups is 1. The molecule has 0 aliphatic carbocycles. The smallest absolute Gasteiger partial charge is 0.270 e. The van der Waals surface area contributed by atoms with Crippen molar-refractivity contribution in [1.82, 2.24) is 0 Å². The fraction of sp³-hybridized carbons (Fsp3) is 0.0556. The van der Waals surface area contributed by atoms with Crippen molar-refractivity contribution in [3.05, 3.63) is 81.9 Å². The summed E-state index contributed by atoms with van der Waals surface area (Å²) in [5.41, 5.74) is 1.24. The number of non-ortho nitro benzene ring substituents is 1. The van der Waals surface area contributed by atoms with Crippen LogP contribution in [0, 0.1) is 10.1 Å². The molecule has 3 rings (SSSR count). The molecule has 0 aliphatic heterocycles. The van der Waals surface area contributed by atoms with Crippen LogP contribution in [-0.2, 0) is 6.61 Å². The third-order valence-electron chi connectivity index (χ3n) is 3.66. The molecule has 1 N–H and O–H groups in total. The molecule has 3 aromatic rings. The van der Waals surface area contributed by atoms with Crippen LogP contribution < -0.4 is 4.74 Å². The van der Waals surface area contributed by atoms with Gasteiger partial charge in [0.25, 0.3) is 5.69 Å². The lowest BCUT2D eigenvalue weighted by Gasteiger charge is -2.11. The fourth-order valence-electron chi connectivity index (χ4n) is 2.52. The molecule has 0 unspecified atom stereocenters. The van der Waals surface area contributed by atoms with E-state index in [1.165, 1.54) is 18.2 Å². The fourth-order valence-corrected chi connectivity index (χ4v) is 2.52. The Morgan fingerprint density at radius 2 is 1.92 bits per heavy atom. The summed E-state index contributed by atoms with van der Waals surface area (Å²) in [6.45, 7) is 0.297. The van der Waals surface area contributed by atoms with E-state index in [0.717, 1.165) is 22.6 Å². The lowest BCUT2D eigenvalue weighted by molar-refractivity contribution is -0.384. The van der Waals surface area contributed by atoms with E-state index in [0.29, 0.717) is 17.9 Å². The van der Waals surface area contributed by atoms with Crippen molar-refractivity contribution in [2.75, 3.05) is 0 Å². The third kappa shape index (κ3) is 3.17. The molecular formula is C18H14N2O4. The van der Waals surface area contributed by atoms with E-state index < -0.39 is 4.92 Å². The summed E-state index contributed by atoms with van der Waals surface area (Å²) in [7, 11) is 0. The summed E-state index contributed by atoms with van der Waals surface area (Å²) in [4.78, 5) is 10.3. The average molecular weight is 322 g/mol. The van der Waals surface area contributed by atoms with Crippen LogP contribution in [-0.4, -0.2) is 16.3 Å². The normalized spacial score (nSPS) is 11.0. The average Bonchev–Trinajstić information content (AvgIpc) is 2.60. The van der Waals surface area contributed by atoms with E-state index in [9.17, 15) is 10.1 Å². The second-order valence-electron chi connectivity index (χ2n) is 5.15. The number of nitrogens with zero attached hydrogens (tertiary/aromatic N) is 2.